The van der Waals surface area contributed by atoms with E-state index in [2.05, 4.69) is 18.7 Å². The van der Waals surface area contributed by atoms with Crippen molar-refractivity contribution < 1.29 is 8.42 Å². The molecule has 0 bridgehead atoms. The summed E-state index contributed by atoms with van der Waals surface area (Å²) in [4.78, 5) is 2.37. The van der Waals surface area contributed by atoms with Crippen LogP contribution in [-0.4, -0.2) is 44.0 Å². The summed E-state index contributed by atoms with van der Waals surface area (Å²) in [6.07, 6.45) is 4.31. The van der Waals surface area contributed by atoms with Crippen molar-refractivity contribution in [3.8, 4) is 0 Å². The average Bonchev–Trinajstić information content (AvgIpc) is 2.53. The molecule has 1 atom stereocenters. The Morgan fingerprint density at radius 1 is 1.20 bits per heavy atom. The fraction of sp³-hybridized carbons (Fsp3) is 1.00. The summed E-state index contributed by atoms with van der Waals surface area (Å²) in [5.41, 5.74) is 0. The lowest BCUT2D eigenvalue weighted by Gasteiger charge is -2.27. The van der Waals surface area contributed by atoms with E-state index in [1.807, 2.05) is 0 Å². The summed E-state index contributed by atoms with van der Waals surface area (Å²) in [5.74, 6) is 0.778. The standard InChI is InChI=1S/C11H23NO2S/c1-3-5-8-12(7-4-2)11-6-9-15(13,14)10-11/h11H,3-10H2,1-2H3. The van der Waals surface area contributed by atoms with E-state index in [1.54, 1.807) is 0 Å². The predicted molar refractivity (Wildman–Crippen MR) is 63.8 cm³/mol. The zero-order chi connectivity index (χ0) is 11.3. The van der Waals surface area contributed by atoms with Gasteiger partial charge in [-0.05, 0) is 32.4 Å². The van der Waals surface area contributed by atoms with Gasteiger partial charge in [-0.1, -0.05) is 20.3 Å². The van der Waals surface area contributed by atoms with Crippen molar-refractivity contribution >= 4 is 9.84 Å². The third kappa shape index (κ3) is 4.11. The molecule has 1 heterocycles. The van der Waals surface area contributed by atoms with Crippen molar-refractivity contribution in [1.29, 1.82) is 0 Å². The van der Waals surface area contributed by atoms with Gasteiger partial charge in [0.25, 0.3) is 0 Å². The van der Waals surface area contributed by atoms with Crippen LogP contribution in [0.25, 0.3) is 0 Å². The molecule has 1 fully saturated rings. The van der Waals surface area contributed by atoms with Gasteiger partial charge in [-0.3, -0.25) is 4.90 Å². The van der Waals surface area contributed by atoms with E-state index in [0.717, 1.165) is 25.9 Å². The summed E-state index contributed by atoms with van der Waals surface area (Å²) in [6, 6.07) is 0.293. The van der Waals surface area contributed by atoms with E-state index in [-0.39, 0.29) is 0 Å². The van der Waals surface area contributed by atoms with Crippen LogP contribution in [-0.2, 0) is 9.84 Å². The monoisotopic (exact) mass is 233 g/mol. The number of nitrogens with zero attached hydrogens (tertiary/aromatic N) is 1. The lowest BCUT2D eigenvalue weighted by molar-refractivity contribution is 0.209. The lowest BCUT2D eigenvalue weighted by Crippen LogP contribution is -2.37. The summed E-state index contributed by atoms with van der Waals surface area (Å²) < 4.78 is 22.8. The number of hydrogen-bond donors (Lipinski definition) is 0. The molecule has 0 spiro atoms. The molecule has 90 valence electrons. The Morgan fingerprint density at radius 2 is 1.93 bits per heavy atom. The van der Waals surface area contributed by atoms with Gasteiger partial charge in [0, 0.05) is 6.04 Å². The van der Waals surface area contributed by atoms with Gasteiger partial charge in [-0.15, -0.1) is 0 Å². The zero-order valence-corrected chi connectivity index (χ0v) is 10.7. The molecule has 0 saturated carbocycles. The molecular formula is C11H23NO2S. The molecule has 1 rings (SSSR count). The minimum Gasteiger partial charge on any atom is -0.299 e. The Balaban J connectivity index is 2.49. The molecule has 0 radical (unpaired) electrons. The van der Waals surface area contributed by atoms with Crippen molar-refractivity contribution in [3.63, 3.8) is 0 Å². The normalized spacial score (nSPS) is 24.9. The second-order valence-electron chi connectivity index (χ2n) is 4.45. The quantitative estimate of drug-likeness (QED) is 0.700. The maximum Gasteiger partial charge on any atom is 0.151 e. The van der Waals surface area contributed by atoms with Gasteiger partial charge in [0.15, 0.2) is 9.84 Å². The van der Waals surface area contributed by atoms with E-state index in [0.29, 0.717) is 17.5 Å². The van der Waals surface area contributed by atoms with E-state index < -0.39 is 9.84 Å². The zero-order valence-electron chi connectivity index (χ0n) is 9.91. The van der Waals surface area contributed by atoms with E-state index in [9.17, 15) is 8.42 Å². The smallest absolute Gasteiger partial charge is 0.151 e. The Morgan fingerprint density at radius 3 is 2.40 bits per heavy atom. The fourth-order valence-corrected chi connectivity index (χ4v) is 3.95. The first-order valence-corrected chi connectivity index (χ1v) is 7.85. The summed E-state index contributed by atoms with van der Waals surface area (Å²) in [5, 5.41) is 0. The Hall–Kier alpha value is -0.0900. The van der Waals surface area contributed by atoms with Gasteiger partial charge < -0.3 is 0 Å². The molecule has 0 N–H and O–H groups in total. The molecule has 1 aliphatic heterocycles. The topological polar surface area (TPSA) is 37.4 Å². The van der Waals surface area contributed by atoms with Gasteiger partial charge in [0.1, 0.15) is 0 Å². The SMILES string of the molecule is CCCCN(CCC)C1CCS(=O)(=O)C1. The Bertz CT molecular complexity index is 274. The minimum atomic E-state index is -2.73. The fourth-order valence-electron chi connectivity index (χ4n) is 2.19. The van der Waals surface area contributed by atoms with Gasteiger partial charge in [-0.25, -0.2) is 8.42 Å². The molecule has 15 heavy (non-hydrogen) atoms. The first-order valence-electron chi connectivity index (χ1n) is 6.03. The second-order valence-corrected chi connectivity index (χ2v) is 6.68. The van der Waals surface area contributed by atoms with Crippen LogP contribution in [0.4, 0.5) is 0 Å². The molecule has 1 aliphatic rings. The molecular weight excluding hydrogens is 210 g/mol. The van der Waals surface area contributed by atoms with Crippen LogP contribution in [0, 0.1) is 0 Å². The van der Waals surface area contributed by atoms with Crippen molar-refractivity contribution in [2.24, 2.45) is 0 Å². The highest BCUT2D eigenvalue weighted by atomic mass is 32.2. The maximum atomic E-state index is 11.4. The molecule has 3 nitrogen and oxygen atoms in total. The average molecular weight is 233 g/mol. The highest BCUT2D eigenvalue weighted by molar-refractivity contribution is 7.91. The Labute approximate surface area is 93.8 Å². The van der Waals surface area contributed by atoms with E-state index >= 15 is 0 Å². The third-order valence-electron chi connectivity index (χ3n) is 3.03. The van der Waals surface area contributed by atoms with Crippen molar-refractivity contribution in [3.05, 3.63) is 0 Å². The Kier molecular flexibility index (Phi) is 5.06. The summed E-state index contributed by atoms with van der Waals surface area (Å²) >= 11 is 0. The molecule has 4 heteroatoms. The maximum absolute atomic E-state index is 11.4. The predicted octanol–water partition coefficient (Wildman–Crippen LogP) is 1.69. The van der Waals surface area contributed by atoms with Crippen LogP contribution in [0.3, 0.4) is 0 Å². The van der Waals surface area contributed by atoms with Crippen molar-refractivity contribution in [2.75, 3.05) is 24.6 Å². The van der Waals surface area contributed by atoms with E-state index in [4.69, 9.17) is 0 Å². The van der Waals surface area contributed by atoms with Gasteiger partial charge in [0.2, 0.25) is 0 Å². The highest BCUT2D eigenvalue weighted by Gasteiger charge is 2.31. The first-order chi connectivity index (χ1) is 7.09. The lowest BCUT2D eigenvalue weighted by atomic mass is 10.2. The largest absolute Gasteiger partial charge is 0.299 e. The van der Waals surface area contributed by atoms with Crippen LogP contribution in [0.15, 0.2) is 0 Å². The molecule has 0 aliphatic carbocycles. The van der Waals surface area contributed by atoms with Crippen LogP contribution >= 0.6 is 0 Å². The summed E-state index contributed by atoms with van der Waals surface area (Å²) in [7, 11) is -2.73. The van der Waals surface area contributed by atoms with Gasteiger partial charge in [0.05, 0.1) is 11.5 Å². The van der Waals surface area contributed by atoms with Crippen LogP contribution in [0.1, 0.15) is 39.5 Å². The number of hydrogen-bond acceptors (Lipinski definition) is 3. The number of rotatable bonds is 6. The second kappa shape index (κ2) is 5.85. The van der Waals surface area contributed by atoms with Crippen molar-refractivity contribution in [1.82, 2.24) is 4.90 Å². The minimum absolute atomic E-state index is 0.293. The number of unbranched alkanes of at least 4 members (excludes halogenated alkanes) is 1. The molecule has 0 amide bonds. The molecule has 0 aromatic carbocycles. The van der Waals surface area contributed by atoms with Gasteiger partial charge in [-0.2, -0.15) is 0 Å². The van der Waals surface area contributed by atoms with Crippen LogP contribution < -0.4 is 0 Å². The van der Waals surface area contributed by atoms with Gasteiger partial charge >= 0.3 is 0 Å². The van der Waals surface area contributed by atoms with Crippen LogP contribution in [0.5, 0.6) is 0 Å². The van der Waals surface area contributed by atoms with E-state index in [1.165, 1.54) is 12.8 Å². The molecule has 1 unspecified atom stereocenters. The van der Waals surface area contributed by atoms with Crippen LogP contribution in [0.2, 0.25) is 0 Å². The highest BCUT2D eigenvalue weighted by Crippen LogP contribution is 2.18. The summed E-state index contributed by atoms with van der Waals surface area (Å²) in [6.45, 7) is 6.43. The first kappa shape index (κ1) is 13.0. The van der Waals surface area contributed by atoms with Crippen molar-refractivity contribution in [2.45, 2.75) is 45.6 Å². The third-order valence-corrected chi connectivity index (χ3v) is 4.78. The molecule has 0 aromatic heterocycles. The molecule has 0 aromatic rings. The molecule has 1 saturated heterocycles. The number of sulfone groups is 1.